The molecule has 0 radical (unpaired) electrons. The van der Waals surface area contributed by atoms with E-state index < -0.39 is 18.0 Å². The second kappa shape index (κ2) is 9.95. The minimum Gasteiger partial charge on any atom is -0.489 e. The fourth-order valence-corrected chi connectivity index (χ4v) is 3.34. The number of carbonyl (C=O) groups excluding carboxylic acids is 1. The van der Waals surface area contributed by atoms with E-state index in [1.54, 1.807) is 30.6 Å². The quantitative estimate of drug-likeness (QED) is 0.394. The molecule has 0 saturated carbocycles. The van der Waals surface area contributed by atoms with Gasteiger partial charge in [0, 0.05) is 18.3 Å². The second-order valence-electron chi connectivity index (χ2n) is 8.24. The molecule has 0 unspecified atom stereocenters. The van der Waals surface area contributed by atoms with E-state index in [0.717, 1.165) is 0 Å². The van der Waals surface area contributed by atoms with Crippen LogP contribution in [-0.4, -0.2) is 46.5 Å². The highest BCUT2D eigenvalue weighted by Gasteiger charge is 2.24. The number of hydrogen-bond acceptors (Lipinski definition) is 7. The van der Waals surface area contributed by atoms with Crippen molar-refractivity contribution < 1.29 is 18.3 Å². The predicted molar refractivity (Wildman–Crippen MR) is 124 cm³/mol. The third-order valence-corrected chi connectivity index (χ3v) is 4.88. The van der Waals surface area contributed by atoms with Crippen molar-refractivity contribution >= 4 is 11.7 Å². The lowest BCUT2D eigenvalue weighted by atomic mass is 10.2. The van der Waals surface area contributed by atoms with E-state index in [0.29, 0.717) is 23.0 Å². The van der Waals surface area contributed by atoms with E-state index >= 15 is 0 Å². The van der Waals surface area contributed by atoms with Crippen LogP contribution < -0.4 is 10.1 Å². The average molecular weight is 482 g/mol. The van der Waals surface area contributed by atoms with Crippen LogP contribution in [0, 0.1) is 0 Å². The Morgan fingerprint density at radius 1 is 1.14 bits per heavy atom. The normalized spacial score (nSPS) is 11.5. The maximum atomic E-state index is 13.7. The Labute approximate surface area is 200 Å². The number of alkyl halides is 2. The summed E-state index contributed by atoms with van der Waals surface area (Å²) in [6.45, 7) is 7.66. The first-order chi connectivity index (χ1) is 16.7. The summed E-state index contributed by atoms with van der Waals surface area (Å²) in [5, 5.41) is 14.5. The number of rotatable bonds is 8. The van der Waals surface area contributed by atoms with Gasteiger partial charge in [0.05, 0.1) is 29.7 Å². The lowest BCUT2D eigenvalue weighted by molar-refractivity contribution is 0.101. The molecule has 0 fully saturated rings. The zero-order chi connectivity index (χ0) is 25.1. The van der Waals surface area contributed by atoms with E-state index in [2.05, 4.69) is 30.6 Å². The molecule has 0 aliphatic heterocycles. The first-order valence-corrected chi connectivity index (χ1v) is 10.9. The molecule has 4 aromatic heterocycles. The van der Waals surface area contributed by atoms with Gasteiger partial charge in [-0.1, -0.05) is 6.07 Å². The van der Waals surface area contributed by atoms with Crippen molar-refractivity contribution in [3.8, 4) is 23.0 Å². The van der Waals surface area contributed by atoms with Crippen molar-refractivity contribution in [3.05, 3.63) is 60.4 Å². The lowest BCUT2D eigenvalue weighted by Gasteiger charge is -2.10. The Hall–Kier alpha value is -4.22. The summed E-state index contributed by atoms with van der Waals surface area (Å²) in [6.07, 6.45) is 2.70. The molecular formula is C23H24F2N8O2. The minimum absolute atomic E-state index is 0.0958. The molecule has 4 rings (SSSR count). The zero-order valence-corrected chi connectivity index (χ0v) is 19.6. The third-order valence-electron chi connectivity index (χ3n) is 4.88. The van der Waals surface area contributed by atoms with E-state index in [9.17, 15) is 13.6 Å². The van der Waals surface area contributed by atoms with Gasteiger partial charge >= 0.3 is 0 Å². The van der Waals surface area contributed by atoms with Crippen LogP contribution >= 0.6 is 0 Å². The van der Waals surface area contributed by atoms with Gasteiger partial charge in [-0.05, 0) is 39.8 Å². The Morgan fingerprint density at radius 3 is 2.66 bits per heavy atom. The lowest BCUT2D eigenvalue weighted by Crippen LogP contribution is -2.15. The van der Waals surface area contributed by atoms with Crippen LogP contribution in [0.4, 0.5) is 14.6 Å². The van der Waals surface area contributed by atoms with Crippen LogP contribution in [-0.2, 0) is 0 Å². The average Bonchev–Trinajstić information content (AvgIpc) is 3.47. The van der Waals surface area contributed by atoms with Crippen LogP contribution in [0.1, 0.15) is 56.2 Å². The second-order valence-corrected chi connectivity index (χ2v) is 8.24. The van der Waals surface area contributed by atoms with Gasteiger partial charge < -0.3 is 14.6 Å². The molecule has 10 nitrogen and oxygen atoms in total. The predicted octanol–water partition coefficient (Wildman–Crippen LogP) is 4.48. The fourth-order valence-electron chi connectivity index (χ4n) is 3.34. The van der Waals surface area contributed by atoms with Crippen LogP contribution in [0.15, 0.2) is 49.2 Å². The van der Waals surface area contributed by atoms with E-state index in [1.165, 1.54) is 23.3 Å². The highest BCUT2D eigenvalue weighted by molar-refractivity contribution is 6.04. The van der Waals surface area contributed by atoms with Gasteiger partial charge in [-0.15, -0.1) is 10.2 Å². The first kappa shape index (κ1) is 23.9. The number of aromatic nitrogens is 7. The number of nitrogens with one attached hydrogen (secondary N) is 1. The van der Waals surface area contributed by atoms with Crippen LogP contribution in [0.2, 0.25) is 0 Å². The number of carbonyl (C=O) groups is 1. The van der Waals surface area contributed by atoms with Crippen molar-refractivity contribution in [2.45, 2.75) is 46.3 Å². The summed E-state index contributed by atoms with van der Waals surface area (Å²) >= 11 is 0. The smallest absolute Gasteiger partial charge is 0.282 e. The number of amides is 1. The first-order valence-electron chi connectivity index (χ1n) is 10.9. The van der Waals surface area contributed by atoms with Gasteiger partial charge in [-0.3, -0.25) is 9.78 Å². The molecule has 0 saturated heterocycles. The van der Waals surface area contributed by atoms with Gasteiger partial charge in [0.2, 0.25) is 0 Å². The molecule has 1 amide bonds. The SMILES string of the molecule is CC(C)Oc1cncc(-n2cc(C(=O)Nc3cccc(-c4nncn4C(C)C)n3)c(C(F)F)n2)c1. The summed E-state index contributed by atoms with van der Waals surface area (Å²) in [7, 11) is 0. The van der Waals surface area contributed by atoms with Gasteiger partial charge in [0.25, 0.3) is 12.3 Å². The minimum atomic E-state index is -2.97. The molecule has 0 spiro atoms. The standard InChI is InChI=1S/C23H24F2N8O2/c1-13(2)32-12-27-30-22(32)18-6-5-7-19(28-18)29-23(34)17-11-33(31-20(17)21(24)25)15-8-16(10-26-9-15)35-14(3)4/h5-14,21H,1-4H3,(H,28,29,34). The molecule has 0 atom stereocenters. The molecule has 0 bridgehead atoms. The Balaban J connectivity index is 1.62. The summed E-state index contributed by atoms with van der Waals surface area (Å²) in [5.74, 6) is 0.373. The summed E-state index contributed by atoms with van der Waals surface area (Å²) in [4.78, 5) is 21.4. The molecule has 4 aromatic rings. The molecule has 0 aliphatic carbocycles. The van der Waals surface area contributed by atoms with Crippen LogP contribution in [0.25, 0.3) is 17.2 Å². The van der Waals surface area contributed by atoms with Gasteiger partial charge in [-0.25, -0.2) is 18.4 Å². The van der Waals surface area contributed by atoms with Crippen LogP contribution in [0.5, 0.6) is 5.75 Å². The maximum Gasteiger partial charge on any atom is 0.282 e. The van der Waals surface area contributed by atoms with Crippen molar-refractivity contribution in [1.82, 2.24) is 34.5 Å². The van der Waals surface area contributed by atoms with Crippen molar-refractivity contribution in [3.63, 3.8) is 0 Å². The molecule has 35 heavy (non-hydrogen) atoms. The number of hydrogen-bond donors (Lipinski definition) is 1. The van der Waals surface area contributed by atoms with Gasteiger partial charge in [0.1, 0.15) is 29.3 Å². The fraction of sp³-hybridized carbons (Fsp3) is 0.304. The van der Waals surface area contributed by atoms with E-state index in [1.807, 2.05) is 32.3 Å². The summed E-state index contributed by atoms with van der Waals surface area (Å²) in [6, 6.07) is 6.66. The Bertz CT molecular complexity index is 1330. The highest BCUT2D eigenvalue weighted by Crippen LogP contribution is 2.25. The summed E-state index contributed by atoms with van der Waals surface area (Å²) in [5.41, 5.74) is -0.0924. The van der Waals surface area contributed by atoms with Crippen molar-refractivity contribution in [2.75, 3.05) is 5.32 Å². The zero-order valence-electron chi connectivity index (χ0n) is 19.6. The third kappa shape index (κ3) is 5.31. The molecule has 0 aromatic carbocycles. The Morgan fingerprint density at radius 2 is 1.94 bits per heavy atom. The number of pyridine rings is 2. The molecular weight excluding hydrogens is 458 g/mol. The van der Waals surface area contributed by atoms with Gasteiger partial charge in [0.15, 0.2) is 5.82 Å². The van der Waals surface area contributed by atoms with E-state index in [4.69, 9.17) is 4.74 Å². The number of ether oxygens (including phenoxy) is 1. The Kier molecular flexibility index (Phi) is 6.80. The number of anilines is 1. The molecule has 182 valence electrons. The largest absolute Gasteiger partial charge is 0.489 e. The highest BCUT2D eigenvalue weighted by atomic mass is 19.3. The van der Waals surface area contributed by atoms with Gasteiger partial charge in [-0.2, -0.15) is 5.10 Å². The molecule has 4 heterocycles. The van der Waals surface area contributed by atoms with Crippen LogP contribution in [0.3, 0.4) is 0 Å². The van der Waals surface area contributed by atoms with Crippen molar-refractivity contribution in [1.29, 1.82) is 0 Å². The maximum absolute atomic E-state index is 13.7. The summed E-state index contributed by atoms with van der Waals surface area (Å²) < 4.78 is 36.1. The molecule has 0 aliphatic rings. The van der Waals surface area contributed by atoms with Crippen molar-refractivity contribution in [2.24, 2.45) is 0 Å². The number of nitrogens with zero attached hydrogens (tertiary/aromatic N) is 7. The number of halogens is 2. The topological polar surface area (TPSA) is 113 Å². The molecule has 12 heteroatoms. The molecule has 1 N–H and O–H groups in total. The van der Waals surface area contributed by atoms with E-state index in [-0.39, 0.29) is 23.5 Å². The monoisotopic (exact) mass is 482 g/mol.